The monoisotopic (exact) mass is 516 g/mol. The minimum absolute atomic E-state index is 0.193. The molecule has 0 saturated carbocycles. The summed E-state index contributed by atoms with van der Waals surface area (Å²) in [5, 5.41) is 5.89. The Hall–Kier alpha value is -3.91. The van der Waals surface area contributed by atoms with E-state index in [-0.39, 0.29) is 22.3 Å². The van der Waals surface area contributed by atoms with Crippen LogP contribution in [0.4, 0.5) is 11.4 Å². The van der Waals surface area contributed by atoms with Gasteiger partial charge >= 0.3 is 0 Å². The fourth-order valence-electron chi connectivity index (χ4n) is 4.07. The van der Waals surface area contributed by atoms with Crippen LogP contribution < -0.4 is 15.5 Å². The summed E-state index contributed by atoms with van der Waals surface area (Å²) >= 11 is 5.29. The molecular formula is C29H32N4O3S. The Balaban J connectivity index is 1.24. The van der Waals surface area contributed by atoms with Crippen LogP contribution >= 0.6 is 12.2 Å². The van der Waals surface area contributed by atoms with Gasteiger partial charge in [-0.1, -0.05) is 51.1 Å². The molecule has 0 aliphatic carbocycles. The average Bonchev–Trinajstić information content (AvgIpc) is 3.37. The molecule has 1 aliphatic rings. The third-order valence-corrected chi connectivity index (χ3v) is 6.22. The number of nitrogens with one attached hydrogen (secondary N) is 2. The number of benzene rings is 2. The van der Waals surface area contributed by atoms with Gasteiger partial charge in [-0.3, -0.25) is 14.9 Å². The molecule has 1 saturated heterocycles. The van der Waals surface area contributed by atoms with Crippen LogP contribution in [0.15, 0.2) is 77.2 Å². The first-order valence-corrected chi connectivity index (χ1v) is 12.7. The van der Waals surface area contributed by atoms with Crippen LogP contribution in [0, 0.1) is 5.41 Å². The summed E-state index contributed by atoms with van der Waals surface area (Å²) in [6.45, 7) is 8.87. The molecular weight excluding hydrogens is 484 g/mol. The maximum Gasteiger partial charge on any atom is 0.250 e. The van der Waals surface area contributed by atoms with Gasteiger partial charge in [-0.05, 0) is 54.7 Å². The van der Waals surface area contributed by atoms with Gasteiger partial charge in [0.15, 0.2) is 5.11 Å². The summed E-state index contributed by atoms with van der Waals surface area (Å²) in [7, 11) is 0. The first-order valence-electron chi connectivity index (χ1n) is 12.3. The van der Waals surface area contributed by atoms with Gasteiger partial charge < -0.3 is 19.5 Å². The third-order valence-electron chi connectivity index (χ3n) is 6.02. The zero-order chi connectivity index (χ0) is 26.4. The molecule has 1 aliphatic heterocycles. The topological polar surface area (TPSA) is 77.8 Å². The second-order valence-corrected chi connectivity index (χ2v) is 10.3. The van der Waals surface area contributed by atoms with Gasteiger partial charge in [-0.25, -0.2) is 0 Å². The number of carbonyl (C=O) groups is 2. The highest BCUT2D eigenvalue weighted by Gasteiger charge is 2.29. The molecule has 3 aromatic rings. The van der Waals surface area contributed by atoms with Crippen molar-refractivity contribution in [3.8, 4) is 11.3 Å². The fourth-order valence-corrected chi connectivity index (χ4v) is 4.29. The SMILES string of the molecule is CC(C)(C)C(=O)N1CCN(c2ccc(NC(=S)NC(=O)/C=C/c3ccc(-c4ccccc4)o3)cc2)CC1. The highest BCUT2D eigenvalue weighted by Crippen LogP contribution is 2.23. The second kappa shape index (κ2) is 11.4. The van der Waals surface area contributed by atoms with Gasteiger partial charge in [-0.15, -0.1) is 0 Å². The van der Waals surface area contributed by atoms with Crippen molar-refractivity contribution < 1.29 is 14.0 Å². The molecule has 2 N–H and O–H groups in total. The number of amides is 2. The lowest BCUT2D eigenvalue weighted by molar-refractivity contribution is -0.139. The molecule has 0 atom stereocenters. The van der Waals surface area contributed by atoms with E-state index in [1.807, 2.05) is 92.4 Å². The molecule has 0 unspecified atom stereocenters. The van der Waals surface area contributed by atoms with E-state index < -0.39 is 0 Å². The molecule has 0 bridgehead atoms. The van der Waals surface area contributed by atoms with Crippen LogP contribution in [0.1, 0.15) is 26.5 Å². The normalized spacial score (nSPS) is 14.0. The van der Waals surface area contributed by atoms with Crippen LogP contribution in [0.3, 0.4) is 0 Å². The molecule has 2 amide bonds. The van der Waals surface area contributed by atoms with Crippen molar-refractivity contribution in [2.45, 2.75) is 20.8 Å². The maximum absolute atomic E-state index is 12.5. The molecule has 8 heteroatoms. The van der Waals surface area contributed by atoms with Crippen molar-refractivity contribution in [3.63, 3.8) is 0 Å². The van der Waals surface area contributed by atoms with Crippen molar-refractivity contribution in [3.05, 3.63) is 78.6 Å². The zero-order valence-corrected chi connectivity index (χ0v) is 22.2. The predicted octanol–water partition coefficient (Wildman–Crippen LogP) is 5.17. The molecule has 0 radical (unpaired) electrons. The number of rotatable bonds is 5. The Labute approximate surface area is 223 Å². The third kappa shape index (κ3) is 7.07. The summed E-state index contributed by atoms with van der Waals surface area (Å²) in [4.78, 5) is 29.0. The van der Waals surface area contributed by atoms with Crippen molar-refractivity contribution in [2.75, 3.05) is 36.4 Å². The van der Waals surface area contributed by atoms with Gasteiger partial charge in [0.2, 0.25) is 11.8 Å². The largest absolute Gasteiger partial charge is 0.457 e. The van der Waals surface area contributed by atoms with Gasteiger partial charge in [0.05, 0.1) is 0 Å². The predicted molar refractivity (Wildman–Crippen MR) is 152 cm³/mol. The smallest absolute Gasteiger partial charge is 0.250 e. The van der Waals surface area contributed by atoms with Crippen molar-refractivity contribution in [1.82, 2.24) is 10.2 Å². The molecule has 7 nitrogen and oxygen atoms in total. The van der Waals surface area contributed by atoms with Crippen molar-refractivity contribution >= 4 is 46.6 Å². The van der Waals surface area contributed by atoms with Crippen LogP contribution in [0.2, 0.25) is 0 Å². The standard InChI is InChI=1S/C29H32N4O3S/c1-29(2,3)27(35)33-19-17-32(18-20-33)23-11-9-22(10-12-23)30-28(37)31-26(34)16-14-24-13-15-25(36-24)21-7-5-4-6-8-21/h4-16H,17-20H2,1-3H3,(H2,30,31,34,37)/b16-14+. The Bertz CT molecular complexity index is 1270. The number of anilines is 2. The van der Waals surface area contributed by atoms with E-state index in [0.29, 0.717) is 18.8 Å². The van der Waals surface area contributed by atoms with Crippen LogP contribution in [0.5, 0.6) is 0 Å². The highest BCUT2D eigenvalue weighted by molar-refractivity contribution is 7.80. The average molecular weight is 517 g/mol. The zero-order valence-electron chi connectivity index (χ0n) is 21.4. The lowest BCUT2D eigenvalue weighted by Gasteiger charge is -2.38. The van der Waals surface area contributed by atoms with Gasteiger partial charge in [-0.2, -0.15) is 0 Å². The molecule has 0 spiro atoms. The molecule has 2 aromatic carbocycles. The quantitative estimate of drug-likeness (QED) is 0.360. The molecule has 1 aromatic heterocycles. The lowest BCUT2D eigenvalue weighted by Crippen LogP contribution is -2.51. The maximum atomic E-state index is 12.5. The number of nitrogens with zero attached hydrogens (tertiary/aromatic N) is 2. The minimum atomic E-state index is -0.357. The first kappa shape index (κ1) is 26.2. The van der Waals surface area contributed by atoms with Gasteiger partial charge in [0.25, 0.3) is 0 Å². The molecule has 2 heterocycles. The molecule has 192 valence electrons. The van der Waals surface area contributed by atoms with E-state index in [0.717, 1.165) is 35.8 Å². The van der Waals surface area contributed by atoms with E-state index in [1.54, 1.807) is 6.08 Å². The lowest BCUT2D eigenvalue weighted by atomic mass is 9.94. The van der Waals surface area contributed by atoms with E-state index in [4.69, 9.17) is 16.6 Å². The van der Waals surface area contributed by atoms with Crippen molar-refractivity contribution in [1.29, 1.82) is 0 Å². The van der Waals surface area contributed by atoms with Crippen LogP contribution in [-0.4, -0.2) is 48.0 Å². The Morgan fingerprint density at radius 2 is 1.59 bits per heavy atom. The minimum Gasteiger partial charge on any atom is -0.457 e. The second-order valence-electron chi connectivity index (χ2n) is 9.92. The number of hydrogen-bond donors (Lipinski definition) is 2. The van der Waals surface area contributed by atoms with Gasteiger partial charge in [0.1, 0.15) is 11.5 Å². The Morgan fingerprint density at radius 3 is 2.24 bits per heavy atom. The Kier molecular flexibility index (Phi) is 8.08. The van der Waals surface area contributed by atoms with E-state index in [1.165, 1.54) is 6.08 Å². The summed E-state index contributed by atoms with van der Waals surface area (Å²) in [6, 6.07) is 21.3. The van der Waals surface area contributed by atoms with E-state index in [9.17, 15) is 9.59 Å². The van der Waals surface area contributed by atoms with Crippen LogP contribution in [-0.2, 0) is 9.59 Å². The first-order chi connectivity index (χ1) is 17.7. The summed E-state index contributed by atoms with van der Waals surface area (Å²) in [6.07, 6.45) is 2.99. The summed E-state index contributed by atoms with van der Waals surface area (Å²) in [5.41, 5.74) is 2.47. The molecule has 37 heavy (non-hydrogen) atoms. The summed E-state index contributed by atoms with van der Waals surface area (Å²) < 4.78 is 5.78. The molecule has 4 rings (SSSR count). The van der Waals surface area contributed by atoms with Crippen molar-refractivity contribution in [2.24, 2.45) is 5.41 Å². The number of hydrogen-bond acceptors (Lipinski definition) is 5. The fraction of sp³-hybridized carbons (Fsp3) is 0.276. The number of thiocarbonyl (C=S) groups is 1. The molecule has 1 fully saturated rings. The van der Waals surface area contributed by atoms with E-state index in [2.05, 4.69) is 15.5 Å². The number of carbonyl (C=O) groups excluding carboxylic acids is 2. The Morgan fingerprint density at radius 1 is 0.919 bits per heavy atom. The number of piperazine rings is 1. The van der Waals surface area contributed by atoms with Gasteiger partial charge in [0, 0.05) is 54.6 Å². The van der Waals surface area contributed by atoms with Crippen LogP contribution in [0.25, 0.3) is 17.4 Å². The number of furan rings is 1. The summed E-state index contributed by atoms with van der Waals surface area (Å²) in [5.74, 6) is 1.15. The highest BCUT2D eigenvalue weighted by atomic mass is 32.1. The van der Waals surface area contributed by atoms with E-state index >= 15 is 0 Å².